The van der Waals surface area contributed by atoms with Crippen LogP contribution in [-0.4, -0.2) is 0 Å². The first-order valence-corrected chi connectivity index (χ1v) is 0.789. The van der Waals surface area contributed by atoms with Gasteiger partial charge in [-0.05, 0) is 6.92 Å². The van der Waals surface area contributed by atoms with Crippen molar-refractivity contribution in [1.29, 1.82) is 0 Å². The van der Waals surface area contributed by atoms with Crippen LogP contribution >= 0.6 is 9.90 Å². The van der Waals surface area contributed by atoms with Crippen molar-refractivity contribution in [3.05, 3.63) is 0 Å². The number of hydrogen-bond donors (Lipinski definition) is 1. The van der Waals surface area contributed by atoms with Gasteiger partial charge in [-0.2, -0.15) is 9.90 Å². The molecule has 0 saturated carbocycles. The molecule has 0 aromatic heterocycles. The van der Waals surface area contributed by atoms with E-state index in [1.165, 1.54) is 0 Å². The maximum absolute atomic E-state index is 4.60. The molecule has 0 aliphatic rings. The summed E-state index contributed by atoms with van der Waals surface area (Å²) in [5.74, 6) is 2.25. The van der Waals surface area contributed by atoms with E-state index in [1.807, 2.05) is 0 Å². The van der Waals surface area contributed by atoms with Crippen molar-refractivity contribution >= 4 is 9.90 Å². The van der Waals surface area contributed by atoms with Crippen LogP contribution in [-0.2, 0) is 0 Å². The lowest BCUT2D eigenvalue weighted by molar-refractivity contribution is 1.94. The second-order valence-corrected chi connectivity index (χ2v) is 0.289. The van der Waals surface area contributed by atoms with Crippen molar-refractivity contribution in [3.63, 3.8) is 0 Å². The van der Waals surface area contributed by atoms with Crippen molar-refractivity contribution < 1.29 is 0 Å². The van der Waals surface area contributed by atoms with Crippen LogP contribution < -0.4 is 6.15 Å². The van der Waals surface area contributed by atoms with Crippen LogP contribution in [0.1, 0.15) is 6.92 Å². The van der Waals surface area contributed by atoms with E-state index in [0.29, 0.717) is 0 Å². The summed E-state index contributed by atoms with van der Waals surface area (Å²) in [6.07, 6.45) is 4.60. The first kappa shape index (κ1) is 20.3. The lowest BCUT2D eigenvalue weighted by Gasteiger charge is -1.23. The molecule has 0 heterocycles. The largest absolute Gasteiger partial charge is 0.344 e. The normalized spacial score (nSPS) is 1.60. The third-order valence-electron chi connectivity index (χ3n) is 0. The topological polar surface area (TPSA) is 35.0 Å². The molecule has 0 spiro atoms. The van der Waals surface area contributed by atoms with E-state index in [-0.39, 0.29) is 16.0 Å². The van der Waals surface area contributed by atoms with Crippen LogP contribution in [0.25, 0.3) is 0 Å². The Balaban J connectivity index is -0.0000000200. The zero-order valence-corrected chi connectivity index (χ0v) is 4.91. The molecule has 0 aliphatic heterocycles. The maximum atomic E-state index is 4.60. The summed E-state index contributed by atoms with van der Waals surface area (Å²) < 4.78 is 0. The highest BCUT2D eigenvalue weighted by Gasteiger charge is 1.09. The van der Waals surface area contributed by atoms with Gasteiger partial charge in [-0.15, -0.1) is 12.3 Å². The SMILES string of the molecule is C#CC.N.P. The van der Waals surface area contributed by atoms with Gasteiger partial charge in [0.25, 0.3) is 0 Å². The molecule has 0 rings (SSSR count). The Morgan fingerprint density at radius 2 is 1.60 bits per heavy atom. The number of rotatable bonds is 0. The lowest BCUT2D eigenvalue weighted by Crippen LogP contribution is -1.10. The summed E-state index contributed by atoms with van der Waals surface area (Å²) in [5, 5.41) is 0. The van der Waals surface area contributed by atoms with Crippen LogP contribution in [0.4, 0.5) is 0 Å². The summed E-state index contributed by atoms with van der Waals surface area (Å²) in [7, 11) is 0. The highest BCUT2D eigenvalue weighted by atomic mass is 31.0. The van der Waals surface area contributed by atoms with Crippen molar-refractivity contribution in [2.24, 2.45) is 0 Å². The van der Waals surface area contributed by atoms with Crippen molar-refractivity contribution in [2.45, 2.75) is 6.92 Å². The van der Waals surface area contributed by atoms with E-state index in [9.17, 15) is 0 Å². The zero-order chi connectivity index (χ0) is 2.71. The van der Waals surface area contributed by atoms with Gasteiger partial charge in [0.1, 0.15) is 0 Å². The van der Waals surface area contributed by atoms with Gasteiger partial charge in [-0.1, -0.05) is 0 Å². The summed E-state index contributed by atoms with van der Waals surface area (Å²) in [6, 6.07) is 0. The molecule has 1 nitrogen and oxygen atoms in total. The van der Waals surface area contributed by atoms with Gasteiger partial charge in [0.2, 0.25) is 0 Å². The van der Waals surface area contributed by atoms with Crippen LogP contribution in [0, 0.1) is 12.3 Å². The monoisotopic (exact) mass is 91.1 g/mol. The minimum Gasteiger partial charge on any atom is -0.344 e. The molecule has 0 amide bonds. The molecule has 0 saturated heterocycles. The van der Waals surface area contributed by atoms with Gasteiger partial charge in [0, 0.05) is 0 Å². The van der Waals surface area contributed by atoms with Crippen LogP contribution in [0.15, 0.2) is 0 Å². The van der Waals surface area contributed by atoms with E-state index in [1.54, 1.807) is 6.92 Å². The zero-order valence-electron chi connectivity index (χ0n) is 3.49. The molecular formula is C3H10NP. The Hall–Kier alpha value is -0.0500. The van der Waals surface area contributed by atoms with E-state index < -0.39 is 0 Å². The van der Waals surface area contributed by atoms with Gasteiger partial charge < -0.3 is 6.15 Å². The molecule has 2 heteroatoms. The van der Waals surface area contributed by atoms with E-state index in [4.69, 9.17) is 0 Å². The predicted molar refractivity (Wildman–Crippen MR) is 30.6 cm³/mol. The van der Waals surface area contributed by atoms with Crippen molar-refractivity contribution in [2.75, 3.05) is 0 Å². The van der Waals surface area contributed by atoms with Gasteiger partial charge in [-0.25, -0.2) is 0 Å². The summed E-state index contributed by atoms with van der Waals surface area (Å²) in [6.45, 7) is 1.65. The molecule has 0 aromatic carbocycles. The molecule has 0 fully saturated rings. The highest BCUT2D eigenvalue weighted by Crippen LogP contribution is 1.21. The Bertz CT molecular complexity index is 28.4. The fourth-order valence-electron chi connectivity index (χ4n) is 0. The van der Waals surface area contributed by atoms with Crippen molar-refractivity contribution in [3.8, 4) is 12.3 Å². The number of terminal acetylenes is 1. The Labute approximate surface area is 36.4 Å². The smallest absolute Gasteiger partial charge is 0.00297 e. The summed E-state index contributed by atoms with van der Waals surface area (Å²) in [5.41, 5.74) is 0. The molecule has 1 atom stereocenters. The standard InChI is InChI=1S/C3H4.H3N.H3P/c1-3-2;;/h1H,2H3;2*1H3. The molecule has 1 unspecified atom stereocenters. The minimum absolute atomic E-state index is 0. The number of hydrogen-bond acceptors (Lipinski definition) is 1. The lowest BCUT2D eigenvalue weighted by atomic mass is 10.9. The first-order valence-electron chi connectivity index (χ1n) is 0.789. The van der Waals surface area contributed by atoms with Gasteiger partial charge in [0.15, 0.2) is 0 Å². The molecule has 0 aromatic rings. The fourth-order valence-corrected chi connectivity index (χ4v) is 0. The first-order chi connectivity index (χ1) is 1.41. The molecule has 0 bridgehead atoms. The third-order valence-corrected chi connectivity index (χ3v) is 0. The average Bonchev–Trinajstić information content (AvgIpc) is 0.918. The highest BCUT2D eigenvalue weighted by molar-refractivity contribution is 6.92. The Morgan fingerprint density at radius 3 is 1.60 bits per heavy atom. The Morgan fingerprint density at radius 1 is 1.60 bits per heavy atom. The predicted octanol–water partition coefficient (Wildman–Crippen LogP) is 0.860. The molecule has 0 radical (unpaired) electrons. The molecule has 5 heavy (non-hydrogen) atoms. The molecule has 3 N–H and O–H groups in total. The minimum atomic E-state index is 0. The third kappa shape index (κ3) is 6010. The van der Waals surface area contributed by atoms with Gasteiger partial charge >= 0.3 is 0 Å². The Kier molecular flexibility index (Phi) is 155. The van der Waals surface area contributed by atoms with Gasteiger partial charge in [0.05, 0.1) is 0 Å². The average molecular weight is 91.1 g/mol. The molecule has 0 aliphatic carbocycles. The quantitative estimate of drug-likeness (QED) is 0.348. The van der Waals surface area contributed by atoms with Crippen LogP contribution in [0.2, 0.25) is 0 Å². The van der Waals surface area contributed by atoms with E-state index in [2.05, 4.69) is 12.3 Å². The maximum Gasteiger partial charge on any atom is -0.00297 e. The van der Waals surface area contributed by atoms with E-state index in [0.717, 1.165) is 0 Å². The second-order valence-electron chi connectivity index (χ2n) is 0.289. The summed E-state index contributed by atoms with van der Waals surface area (Å²) in [4.78, 5) is 0. The molecular weight excluding hydrogens is 81.0 g/mol. The van der Waals surface area contributed by atoms with Crippen LogP contribution in [0.3, 0.4) is 0 Å². The van der Waals surface area contributed by atoms with Gasteiger partial charge in [-0.3, -0.25) is 0 Å². The summed E-state index contributed by atoms with van der Waals surface area (Å²) >= 11 is 0. The van der Waals surface area contributed by atoms with Crippen molar-refractivity contribution in [1.82, 2.24) is 6.15 Å². The van der Waals surface area contributed by atoms with E-state index >= 15 is 0 Å². The molecule has 32 valence electrons. The van der Waals surface area contributed by atoms with Crippen LogP contribution in [0.5, 0.6) is 0 Å². The fraction of sp³-hybridized carbons (Fsp3) is 0.333. The second kappa shape index (κ2) is 38.1.